The number of hydrogen-bond acceptors (Lipinski definition) is 4. The van der Waals surface area contributed by atoms with Gasteiger partial charge in [0.1, 0.15) is 0 Å². The SMILES string of the molecule is Cc1c(N=c2scc(-c3ccc(Br)cc3)n2N=CC(C)c2ccccc2)c(=O)n(-c2ccccc2)n1C. The van der Waals surface area contributed by atoms with E-state index in [1.54, 1.807) is 4.68 Å². The van der Waals surface area contributed by atoms with Gasteiger partial charge in [0.2, 0.25) is 4.80 Å². The molecule has 2 heterocycles. The fraction of sp³-hybridized carbons (Fsp3) is 0.138. The van der Waals surface area contributed by atoms with Crippen molar-refractivity contribution >= 4 is 39.2 Å². The summed E-state index contributed by atoms with van der Waals surface area (Å²) in [5, 5.41) is 6.89. The zero-order valence-corrected chi connectivity index (χ0v) is 23.1. The van der Waals surface area contributed by atoms with Crippen molar-refractivity contribution in [3.8, 4) is 16.9 Å². The molecule has 0 bridgehead atoms. The van der Waals surface area contributed by atoms with Crippen LogP contribution in [0.25, 0.3) is 16.9 Å². The third-order valence-electron chi connectivity index (χ3n) is 6.29. The van der Waals surface area contributed by atoms with Gasteiger partial charge in [-0.2, -0.15) is 5.10 Å². The molecular formula is C29H26BrN5OS. The van der Waals surface area contributed by atoms with Crippen molar-refractivity contribution in [2.75, 3.05) is 0 Å². The lowest BCUT2D eigenvalue weighted by molar-refractivity contribution is 0.630. The molecule has 0 N–H and O–H groups in total. The summed E-state index contributed by atoms with van der Waals surface area (Å²) in [5.41, 5.74) is 4.90. The van der Waals surface area contributed by atoms with E-state index < -0.39 is 0 Å². The van der Waals surface area contributed by atoms with Gasteiger partial charge in [0, 0.05) is 34.6 Å². The molecule has 0 amide bonds. The average molecular weight is 573 g/mol. The van der Waals surface area contributed by atoms with E-state index in [2.05, 4.69) is 35.0 Å². The Labute approximate surface area is 227 Å². The molecule has 0 aliphatic carbocycles. The number of halogens is 1. The minimum atomic E-state index is -0.169. The summed E-state index contributed by atoms with van der Waals surface area (Å²) in [6.45, 7) is 4.02. The van der Waals surface area contributed by atoms with E-state index in [0.29, 0.717) is 10.5 Å². The van der Waals surface area contributed by atoms with Crippen molar-refractivity contribution in [2.45, 2.75) is 19.8 Å². The maximum Gasteiger partial charge on any atom is 0.297 e. The predicted molar refractivity (Wildman–Crippen MR) is 155 cm³/mol. The lowest BCUT2D eigenvalue weighted by Crippen LogP contribution is -2.20. The highest BCUT2D eigenvalue weighted by molar-refractivity contribution is 9.10. The molecular weight excluding hydrogens is 546 g/mol. The Kier molecular flexibility index (Phi) is 7.21. The lowest BCUT2D eigenvalue weighted by Gasteiger charge is -2.07. The quantitative estimate of drug-likeness (QED) is 0.210. The normalized spacial score (nSPS) is 12.9. The average Bonchev–Trinajstić information content (AvgIpc) is 3.42. The second-order valence-corrected chi connectivity index (χ2v) is 10.5. The zero-order chi connectivity index (χ0) is 25.9. The van der Waals surface area contributed by atoms with Crippen LogP contribution in [0, 0.1) is 6.92 Å². The summed E-state index contributed by atoms with van der Waals surface area (Å²) in [6, 6.07) is 27.9. The Bertz CT molecular complexity index is 1680. The van der Waals surface area contributed by atoms with Crippen LogP contribution >= 0.6 is 27.3 Å². The smallest absolute Gasteiger partial charge is 0.283 e. The van der Waals surface area contributed by atoms with Crippen LogP contribution in [0.4, 0.5) is 5.69 Å². The van der Waals surface area contributed by atoms with Crippen LogP contribution in [-0.2, 0) is 7.05 Å². The Morgan fingerprint density at radius 1 is 0.946 bits per heavy atom. The number of benzene rings is 3. The minimum Gasteiger partial charge on any atom is -0.283 e. The van der Waals surface area contributed by atoms with E-state index in [4.69, 9.17) is 10.1 Å². The molecule has 0 spiro atoms. The topological polar surface area (TPSA) is 56.6 Å². The monoisotopic (exact) mass is 571 g/mol. The number of thiazole rings is 1. The van der Waals surface area contributed by atoms with Gasteiger partial charge in [-0.15, -0.1) is 11.3 Å². The van der Waals surface area contributed by atoms with Crippen LogP contribution < -0.4 is 10.4 Å². The first kappa shape index (κ1) is 24.9. The Morgan fingerprint density at radius 2 is 1.59 bits per heavy atom. The van der Waals surface area contributed by atoms with E-state index in [1.807, 2.05) is 108 Å². The molecule has 37 heavy (non-hydrogen) atoms. The van der Waals surface area contributed by atoms with Gasteiger partial charge < -0.3 is 0 Å². The second-order valence-electron chi connectivity index (χ2n) is 8.71. The summed E-state index contributed by atoms with van der Waals surface area (Å²) in [6.07, 6.45) is 1.92. The Hall–Kier alpha value is -3.75. The van der Waals surface area contributed by atoms with Gasteiger partial charge in [-0.25, -0.2) is 14.4 Å². The number of para-hydroxylation sites is 1. The van der Waals surface area contributed by atoms with Gasteiger partial charge in [-0.3, -0.25) is 9.48 Å². The third kappa shape index (κ3) is 5.08. The second kappa shape index (κ2) is 10.7. The molecule has 6 nitrogen and oxygen atoms in total. The van der Waals surface area contributed by atoms with E-state index in [-0.39, 0.29) is 11.5 Å². The minimum absolute atomic E-state index is 0.105. The van der Waals surface area contributed by atoms with E-state index >= 15 is 0 Å². The van der Waals surface area contributed by atoms with Crippen LogP contribution in [0.15, 0.2) is 110 Å². The predicted octanol–water partition coefficient (Wildman–Crippen LogP) is 6.65. The first-order valence-electron chi connectivity index (χ1n) is 11.9. The van der Waals surface area contributed by atoms with E-state index in [1.165, 1.54) is 16.9 Å². The highest BCUT2D eigenvalue weighted by Crippen LogP contribution is 2.24. The molecule has 0 radical (unpaired) electrons. The first-order chi connectivity index (χ1) is 17.9. The molecule has 0 fully saturated rings. The Morgan fingerprint density at radius 3 is 2.27 bits per heavy atom. The molecule has 8 heteroatoms. The summed E-state index contributed by atoms with van der Waals surface area (Å²) < 4.78 is 6.31. The van der Waals surface area contributed by atoms with Gasteiger partial charge in [0.25, 0.3) is 5.56 Å². The molecule has 5 aromatic rings. The van der Waals surface area contributed by atoms with Crippen LogP contribution in [0.2, 0.25) is 0 Å². The summed E-state index contributed by atoms with van der Waals surface area (Å²) in [4.78, 5) is 19.0. The molecule has 0 aliphatic heterocycles. The first-order valence-corrected chi connectivity index (χ1v) is 13.6. The molecule has 5 rings (SSSR count). The maximum atomic E-state index is 13.5. The largest absolute Gasteiger partial charge is 0.297 e. The fourth-order valence-corrected chi connectivity index (χ4v) is 5.20. The summed E-state index contributed by atoms with van der Waals surface area (Å²) in [5.74, 6) is 0.105. The molecule has 186 valence electrons. The molecule has 2 aromatic heterocycles. The number of aromatic nitrogens is 3. The fourth-order valence-electron chi connectivity index (χ4n) is 4.10. The van der Waals surface area contributed by atoms with Crippen molar-refractivity contribution in [3.05, 3.63) is 121 Å². The number of hydrogen-bond donors (Lipinski definition) is 0. The molecule has 3 aromatic carbocycles. The van der Waals surface area contributed by atoms with Gasteiger partial charge in [0.15, 0.2) is 5.69 Å². The molecule has 0 aliphatic rings. The van der Waals surface area contributed by atoms with Gasteiger partial charge in [0.05, 0.1) is 17.1 Å². The summed E-state index contributed by atoms with van der Waals surface area (Å²) >= 11 is 4.97. The standard InChI is InChI=1S/C29H26BrN5OS/c1-20(22-10-6-4-7-11-22)18-31-34-26(23-14-16-24(30)17-15-23)19-37-29(34)32-27-21(2)33(3)35(28(27)36)25-12-8-5-9-13-25/h4-20H,1-3H3. The van der Waals surface area contributed by atoms with Crippen LogP contribution in [0.5, 0.6) is 0 Å². The van der Waals surface area contributed by atoms with Crippen molar-refractivity contribution in [1.82, 2.24) is 14.0 Å². The molecule has 1 atom stereocenters. The molecule has 1 unspecified atom stereocenters. The van der Waals surface area contributed by atoms with Gasteiger partial charge in [-0.05, 0) is 36.8 Å². The van der Waals surface area contributed by atoms with Crippen LogP contribution in [0.3, 0.4) is 0 Å². The van der Waals surface area contributed by atoms with Gasteiger partial charge >= 0.3 is 0 Å². The Balaban J connectivity index is 1.66. The summed E-state index contributed by atoms with van der Waals surface area (Å²) in [7, 11) is 1.87. The van der Waals surface area contributed by atoms with Crippen molar-refractivity contribution in [2.24, 2.45) is 17.1 Å². The zero-order valence-electron chi connectivity index (χ0n) is 20.7. The number of rotatable bonds is 6. The van der Waals surface area contributed by atoms with Crippen molar-refractivity contribution in [1.29, 1.82) is 0 Å². The van der Waals surface area contributed by atoms with Crippen molar-refractivity contribution in [3.63, 3.8) is 0 Å². The van der Waals surface area contributed by atoms with Crippen LogP contribution in [0.1, 0.15) is 24.1 Å². The highest BCUT2D eigenvalue weighted by atomic mass is 79.9. The van der Waals surface area contributed by atoms with Crippen LogP contribution in [-0.4, -0.2) is 20.3 Å². The van der Waals surface area contributed by atoms with E-state index in [0.717, 1.165) is 27.1 Å². The third-order valence-corrected chi connectivity index (χ3v) is 7.63. The number of nitrogens with zero attached hydrogens (tertiary/aromatic N) is 5. The maximum absolute atomic E-state index is 13.5. The van der Waals surface area contributed by atoms with E-state index in [9.17, 15) is 4.79 Å². The lowest BCUT2D eigenvalue weighted by atomic mass is 10.0. The van der Waals surface area contributed by atoms with Gasteiger partial charge in [-0.1, -0.05) is 83.5 Å². The molecule has 0 saturated carbocycles. The molecule has 0 saturated heterocycles. The highest BCUT2D eigenvalue weighted by Gasteiger charge is 2.17. The van der Waals surface area contributed by atoms with Crippen molar-refractivity contribution < 1.29 is 0 Å².